The summed E-state index contributed by atoms with van der Waals surface area (Å²) in [4.78, 5) is 11.9. The van der Waals surface area contributed by atoms with Gasteiger partial charge in [-0.25, -0.2) is 0 Å². The van der Waals surface area contributed by atoms with Crippen molar-refractivity contribution in [3.8, 4) is 0 Å². The Morgan fingerprint density at radius 2 is 1.46 bits per heavy atom. The zero-order valence-electron chi connectivity index (χ0n) is 16.3. The number of carbonyl (C=O) groups is 1. The van der Waals surface area contributed by atoms with Gasteiger partial charge in [-0.3, -0.25) is 4.79 Å². The normalized spacial score (nSPS) is 13.5. The van der Waals surface area contributed by atoms with Gasteiger partial charge in [-0.1, -0.05) is 88.6 Å². The molecule has 1 aromatic rings. The zero-order valence-corrected chi connectivity index (χ0v) is 16.3. The molecule has 0 saturated heterocycles. The van der Waals surface area contributed by atoms with Gasteiger partial charge in [-0.15, -0.1) is 0 Å². The van der Waals surface area contributed by atoms with Gasteiger partial charge in [0.15, 0.2) is 5.78 Å². The average Bonchev–Trinajstić information content (AvgIpc) is 2.67. The first-order chi connectivity index (χ1) is 12.6. The van der Waals surface area contributed by atoms with Crippen LogP contribution in [0.25, 0.3) is 0 Å². The van der Waals surface area contributed by atoms with E-state index in [1.807, 2.05) is 18.2 Å². The fourth-order valence-corrected chi connectivity index (χ4v) is 3.05. The van der Waals surface area contributed by atoms with Crippen LogP contribution in [-0.4, -0.2) is 41.3 Å². The molecule has 1 aromatic carbocycles. The first-order valence-electron chi connectivity index (χ1n) is 10.3. The summed E-state index contributed by atoms with van der Waals surface area (Å²) in [6.07, 6.45) is 9.55. The van der Waals surface area contributed by atoms with Crippen molar-refractivity contribution in [3.63, 3.8) is 0 Å². The molecule has 3 N–H and O–H groups in total. The van der Waals surface area contributed by atoms with Crippen LogP contribution in [0.5, 0.6) is 0 Å². The fourth-order valence-electron chi connectivity index (χ4n) is 3.05. The molecule has 0 aliphatic heterocycles. The number of Topliss-reactive ketones (excluding diaryl/α,β-unsaturated/α-hetero) is 1. The van der Waals surface area contributed by atoms with Gasteiger partial charge in [0.05, 0.1) is 18.8 Å². The van der Waals surface area contributed by atoms with Crippen molar-refractivity contribution in [2.45, 2.75) is 83.3 Å². The molecule has 0 radical (unpaired) electrons. The molecular weight excluding hydrogens is 326 g/mol. The van der Waals surface area contributed by atoms with E-state index < -0.39 is 12.2 Å². The van der Waals surface area contributed by atoms with Crippen LogP contribution in [0.1, 0.15) is 81.5 Å². The van der Waals surface area contributed by atoms with Crippen molar-refractivity contribution in [1.82, 2.24) is 5.32 Å². The Hall–Kier alpha value is -1.23. The number of benzene rings is 1. The van der Waals surface area contributed by atoms with E-state index in [2.05, 4.69) is 12.2 Å². The van der Waals surface area contributed by atoms with E-state index in [1.54, 1.807) is 12.1 Å². The molecule has 1 rings (SSSR count). The van der Waals surface area contributed by atoms with Crippen LogP contribution in [0.3, 0.4) is 0 Å². The molecule has 2 atom stereocenters. The number of aliphatic hydroxyl groups is 2. The Morgan fingerprint density at radius 1 is 0.885 bits per heavy atom. The molecule has 148 valence electrons. The van der Waals surface area contributed by atoms with E-state index >= 15 is 0 Å². The second-order valence-electron chi connectivity index (χ2n) is 7.15. The van der Waals surface area contributed by atoms with Gasteiger partial charge in [0.2, 0.25) is 0 Å². The summed E-state index contributed by atoms with van der Waals surface area (Å²) in [6, 6.07) is 9.17. The molecule has 4 nitrogen and oxygen atoms in total. The van der Waals surface area contributed by atoms with Gasteiger partial charge < -0.3 is 15.5 Å². The molecule has 0 aliphatic carbocycles. The number of hydrogen-bond donors (Lipinski definition) is 3. The van der Waals surface area contributed by atoms with Gasteiger partial charge in [0.25, 0.3) is 0 Å². The molecule has 4 heteroatoms. The smallest absolute Gasteiger partial charge is 0.176 e. The number of nitrogens with one attached hydrogen (secondary N) is 1. The summed E-state index contributed by atoms with van der Waals surface area (Å²) in [6.45, 7) is 3.00. The molecule has 0 spiro atoms. The first-order valence-corrected chi connectivity index (χ1v) is 10.3. The Morgan fingerprint density at radius 3 is 2.12 bits per heavy atom. The number of aliphatic hydroxyl groups excluding tert-OH is 2. The summed E-state index contributed by atoms with van der Waals surface area (Å²) in [5, 5.41) is 23.1. The fraction of sp³-hybridized carbons (Fsp3) is 0.682. The predicted molar refractivity (Wildman–Crippen MR) is 107 cm³/mol. The lowest BCUT2D eigenvalue weighted by atomic mass is 10.0. The van der Waals surface area contributed by atoms with E-state index in [9.17, 15) is 15.0 Å². The highest BCUT2D eigenvalue weighted by atomic mass is 16.3. The molecule has 2 unspecified atom stereocenters. The van der Waals surface area contributed by atoms with Gasteiger partial charge >= 0.3 is 0 Å². The Kier molecular flexibility index (Phi) is 13.1. The van der Waals surface area contributed by atoms with Gasteiger partial charge in [-0.2, -0.15) is 0 Å². The lowest BCUT2D eigenvalue weighted by Crippen LogP contribution is -2.32. The van der Waals surface area contributed by atoms with Crippen LogP contribution in [0, 0.1) is 0 Å². The number of rotatable bonds is 16. The summed E-state index contributed by atoms with van der Waals surface area (Å²) in [7, 11) is 0. The van der Waals surface area contributed by atoms with E-state index in [0.717, 1.165) is 12.8 Å². The van der Waals surface area contributed by atoms with E-state index in [1.165, 1.54) is 38.5 Å². The maximum Gasteiger partial charge on any atom is 0.176 e. The van der Waals surface area contributed by atoms with Crippen molar-refractivity contribution in [1.29, 1.82) is 0 Å². The Bertz CT molecular complexity index is 464. The monoisotopic (exact) mass is 363 g/mol. The zero-order chi connectivity index (χ0) is 19.0. The number of carbonyl (C=O) groups excluding carboxylic acids is 1. The number of hydrogen-bond acceptors (Lipinski definition) is 4. The molecule has 0 fully saturated rings. The standard InChI is InChI=1S/C22H37NO3/c1-2-3-4-5-6-7-8-12-15-20(24)21(25)16-17-23-18-22(26)19-13-10-9-11-14-19/h9-11,13-14,20-21,23-25H,2-8,12,15-18H2,1H3. The van der Waals surface area contributed by atoms with Gasteiger partial charge in [-0.05, 0) is 19.4 Å². The third kappa shape index (κ3) is 10.7. The molecule has 0 amide bonds. The maximum atomic E-state index is 11.9. The lowest BCUT2D eigenvalue weighted by molar-refractivity contribution is 0.00886. The molecule has 0 saturated carbocycles. The largest absolute Gasteiger partial charge is 0.390 e. The lowest BCUT2D eigenvalue weighted by Gasteiger charge is -2.18. The van der Waals surface area contributed by atoms with Crippen molar-refractivity contribution in [3.05, 3.63) is 35.9 Å². The van der Waals surface area contributed by atoms with Crippen molar-refractivity contribution in [2.75, 3.05) is 13.1 Å². The Balaban J connectivity index is 2.00. The summed E-state index contributed by atoms with van der Waals surface area (Å²) in [5.41, 5.74) is 0.690. The van der Waals surface area contributed by atoms with Crippen LogP contribution >= 0.6 is 0 Å². The summed E-state index contributed by atoms with van der Waals surface area (Å²) in [5.74, 6) is 0.0413. The third-order valence-electron chi connectivity index (χ3n) is 4.80. The van der Waals surface area contributed by atoms with Crippen molar-refractivity contribution >= 4 is 5.78 Å². The Labute approximate surface area is 159 Å². The molecule has 0 heterocycles. The van der Waals surface area contributed by atoms with E-state index in [-0.39, 0.29) is 12.3 Å². The molecular formula is C22H37NO3. The molecule has 0 aromatic heterocycles. The average molecular weight is 364 g/mol. The minimum absolute atomic E-state index is 0.0413. The number of unbranched alkanes of at least 4 members (excludes halogenated alkanes) is 7. The van der Waals surface area contributed by atoms with Crippen LogP contribution in [-0.2, 0) is 0 Å². The molecule has 26 heavy (non-hydrogen) atoms. The molecule has 0 aliphatic rings. The second-order valence-corrected chi connectivity index (χ2v) is 7.15. The molecule has 0 bridgehead atoms. The van der Waals surface area contributed by atoms with Crippen LogP contribution in [0.15, 0.2) is 30.3 Å². The highest BCUT2D eigenvalue weighted by Gasteiger charge is 2.15. The minimum atomic E-state index is -0.723. The highest BCUT2D eigenvalue weighted by molar-refractivity contribution is 5.97. The summed E-state index contributed by atoms with van der Waals surface area (Å²) >= 11 is 0. The second kappa shape index (κ2) is 14.9. The minimum Gasteiger partial charge on any atom is -0.390 e. The SMILES string of the molecule is CCCCCCCCCCC(O)C(O)CCNCC(=O)c1ccccc1. The van der Waals surface area contributed by atoms with Crippen LogP contribution in [0.4, 0.5) is 0 Å². The highest BCUT2D eigenvalue weighted by Crippen LogP contribution is 2.12. The topological polar surface area (TPSA) is 69.6 Å². The maximum absolute atomic E-state index is 11.9. The van der Waals surface area contributed by atoms with E-state index in [4.69, 9.17) is 0 Å². The quantitative estimate of drug-likeness (QED) is 0.305. The van der Waals surface area contributed by atoms with Crippen molar-refractivity contribution < 1.29 is 15.0 Å². The van der Waals surface area contributed by atoms with Crippen molar-refractivity contribution in [2.24, 2.45) is 0 Å². The summed E-state index contributed by atoms with van der Waals surface area (Å²) < 4.78 is 0. The van der Waals surface area contributed by atoms with Gasteiger partial charge in [0, 0.05) is 5.56 Å². The van der Waals surface area contributed by atoms with Gasteiger partial charge in [0.1, 0.15) is 0 Å². The van der Waals surface area contributed by atoms with Crippen LogP contribution in [0.2, 0.25) is 0 Å². The third-order valence-corrected chi connectivity index (χ3v) is 4.80. The van der Waals surface area contributed by atoms with E-state index in [0.29, 0.717) is 24.9 Å². The number of ketones is 1. The first kappa shape index (κ1) is 22.8. The van der Waals surface area contributed by atoms with Crippen LogP contribution < -0.4 is 5.32 Å². The predicted octanol–water partition coefficient (Wildman–Crippen LogP) is 4.10.